The number of hydrogen-bond acceptors (Lipinski definition) is 4. The van der Waals surface area contributed by atoms with Crippen LogP contribution in [0.15, 0.2) is 71.3 Å². The highest BCUT2D eigenvalue weighted by Crippen LogP contribution is 2.23. The Morgan fingerprint density at radius 2 is 1.71 bits per heavy atom. The summed E-state index contributed by atoms with van der Waals surface area (Å²) in [7, 11) is 0. The smallest absolute Gasteiger partial charge is 0.258 e. The van der Waals surface area contributed by atoms with Crippen molar-refractivity contribution in [3.63, 3.8) is 0 Å². The minimum absolute atomic E-state index is 0.155. The first kappa shape index (κ1) is 14.4. The summed E-state index contributed by atoms with van der Waals surface area (Å²) in [5.41, 5.74) is 0.856. The van der Waals surface area contributed by atoms with Crippen molar-refractivity contribution in [2.24, 2.45) is 0 Å². The molecule has 3 aromatic carbocycles. The van der Waals surface area contributed by atoms with Crippen molar-refractivity contribution in [1.29, 1.82) is 0 Å². The van der Waals surface area contributed by atoms with Crippen LogP contribution in [-0.2, 0) is 6.61 Å². The van der Waals surface area contributed by atoms with E-state index in [1.54, 1.807) is 12.1 Å². The van der Waals surface area contributed by atoms with Gasteiger partial charge in [-0.2, -0.15) is 4.98 Å². The topological polar surface area (TPSA) is 48.2 Å². The van der Waals surface area contributed by atoms with Crippen LogP contribution in [0.1, 0.15) is 5.82 Å². The summed E-state index contributed by atoms with van der Waals surface area (Å²) in [5.74, 6) is 1.12. The lowest BCUT2D eigenvalue weighted by Gasteiger charge is -2.02. The van der Waals surface area contributed by atoms with Crippen LogP contribution in [0.3, 0.4) is 0 Å². The zero-order valence-electron chi connectivity index (χ0n) is 12.6. The molecule has 0 N–H and O–H groups in total. The average molecular weight is 320 g/mol. The number of benzene rings is 3. The van der Waals surface area contributed by atoms with Gasteiger partial charge in [0.25, 0.3) is 5.89 Å². The molecule has 0 amide bonds. The maximum absolute atomic E-state index is 12.9. The lowest BCUT2D eigenvalue weighted by atomic mass is 10.1. The molecule has 0 unspecified atom stereocenters. The quantitative estimate of drug-likeness (QED) is 0.551. The average Bonchev–Trinajstić information content (AvgIpc) is 3.10. The number of halogens is 1. The van der Waals surface area contributed by atoms with Crippen LogP contribution < -0.4 is 4.74 Å². The Kier molecular flexibility index (Phi) is 3.67. The standard InChI is InChI=1S/C19H13FN2O2/c20-16-7-9-17(10-8-16)23-12-18-21-19(24-22-18)15-6-5-13-3-1-2-4-14(13)11-15/h1-11H,12H2. The first-order valence-corrected chi connectivity index (χ1v) is 7.48. The van der Waals surface area contributed by atoms with E-state index in [1.165, 1.54) is 12.1 Å². The molecule has 1 aromatic heterocycles. The second-order valence-corrected chi connectivity index (χ2v) is 5.32. The highest BCUT2D eigenvalue weighted by Gasteiger charge is 2.10. The van der Waals surface area contributed by atoms with Gasteiger partial charge in [0.05, 0.1) is 0 Å². The van der Waals surface area contributed by atoms with Crippen LogP contribution in [0.2, 0.25) is 0 Å². The Bertz CT molecular complexity index is 980. The molecule has 0 bridgehead atoms. The molecule has 0 saturated carbocycles. The molecule has 0 spiro atoms. The Hall–Kier alpha value is -3.21. The molecule has 4 nitrogen and oxygen atoms in total. The van der Waals surface area contributed by atoms with Crippen molar-refractivity contribution < 1.29 is 13.7 Å². The van der Waals surface area contributed by atoms with Crippen molar-refractivity contribution in [3.8, 4) is 17.2 Å². The predicted molar refractivity (Wildman–Crippen MR) is 88.0 cm³/mol. The number of ether oxygens (including phenoxy) is 1. The fraction of sp³-hybridized carbons (Fsp3) is 0.0526. The van der Waals surface area contributed by atoms with E-state index in [0.717, 1.165) is 16.3 Å². The van der Waals surface area contributed by atoms with Gasteiger partial charge in [-0.3, -0.25) is 0 Å². The zero-order chi connectivity index (χ0) is 16.4. The lowest BCUT2D eigenvalue weighted by molar-refractivity contribution is 0.286. The Balaban J connectivity index is 1.52. The van der Waals surface area contributed by atoms with Crippen molar-refractivity contribution in [2.45, 2.75) is 6.61 Å². The fourth-order valence-electron chi connectivity index (χ4n) is 2.43. The molecule has 0 aliphatic rings. The third-order valence-electron chi connectivity index (χ3n) is 3.65. The van der Waals surface area contributed by atoms with E-state index in [2.05, 4.69) is 16.2 Å². The molecule has 0 radical (unpaired) electrons. The van der Waals surface area contributed by atoms with Crippen molar-refractivity contribution in [2.75, 3.05) is 0 Å². The molecule has 24 heavy (non-hydrogen) atoms. The molecule has 0 aliphatic carbocycles. The first-order chi connectivity index (χ1) is 11.8. The summed E-state index contributed by atoms with van der Waals surface area (Å²) in [5, 5.41) is 6.18. The Morgan fingerprint density at radius 1 is 0.917 bits per heavy atom. The number of hydrogen-bond donors (Lipinski definition) is 0. The van der Waals surface area contributed by atoms with Gasteiger partial charge in [0, 0.05) is 5.56 Å². The molecule has 4 aromatic rings. The van der Waals surface area contributed by atoms with E-state index in [4.69, 9.17) is 9.26 Å². The van der Waals surface area contributed by atoms with E-state index in [0.29, 0.717) is 17.5 Å². The summed E-state index contributed by atoms with van der Waals surface area (Å²) >= 11 is 0. The van der Waals surface area contributed by atoms with Gasteiger partial charge in [-0.25, -0.2) is 4.39 Å². The zero-order valence-corrected chi connectivity index (χ0v) is 12.6. The van der Waals surface area contributed by atoms with Crippen LogP contribution in [0.25, 0.3) is 22.2 Å². The second-order valence-electron chi connectivity index (χ2n) is 5.32. The summed E-state index contributed by atoms with van der Waals surface area (Å²) in [6.07, 6.45) is 0. The van der Waals surface area contributed by atoms with Gasteiger partial charge in [-0.1, -0.05) is 35.5 Å². The van der Waals surface area contributed by atoms with E-state index < -0.39 is 0 Å². The minimum Gasteiger partial charge on any atom is -0.485 e. The van der Waals surface area contributed by atoms with Gasteiger partial charge in [-0.05, 0) is 47.2 Å². The molecular weight excluding hydrogens is 307 g/mol. The monoisotopic (exact) mass is 320 g/mol. The molecule has 0 aliphatic heterocycles. The highest BCUT2D eigenvalue weighted by molar-refractivity contribution is 5.86. The van der Waals surface area contributed by atoms with Crippen LogP contribution in [-0.4, -0.2) is 10.1 Å². The summed E-state index contributed by atoms with van der Waals surface area (Å²) in [6.45, 7) is 0.155. The Labute approximate surface area is 137 Å². The maximum Gasteiger partial charge on any atom is 0.258 e. The predicted octanol–water partition coefficient (Wildman–Crippen LogP) is 4.61. The third kappa shape index (κ3) is 2.96. The molecule has 0 atom stereocenters. The molecule has 0 saturated heterocycles. The largest absolute Gasteiger partial charge is 0.485 e. The van der Waals surface area contributed by atoms with Gasteiger partial charge in [0.15, 0.2) is 6.61 Å². The molecule has 118 valence electrons. The number of nitrogens with zero attached hydrogens (tertiary/aromatic N) is 2. The molecule has 5 heteroatoms. The maximum atomic E-state index is 12.9. The van der Waals surface area contributed by atoms with Crippen molar-refractivity contribution >= 4 is 10.8 Å². The van der Waals surface area contributed by atoms with Crippen molar-refractivity contribution in [3.05, 3.63) is 78.4 Å². The number of rotatable bonds is 4. The van der Waals surface area contributed by atoms with Gasteiger partial charge in [0.1, 0.15) is 11.6 Å². The second kappa shape index (κ2) is 6.12. The molecular formula is C19H13FN2O2. The van der Waals surface area contributed by atoms with Crippen LogP contribution >= 0.6 is 0 Å². The minimum atomic E-state index is -0.305. The Morgan fingerprint density at radius 3 is 2.54 bits per heavy atom. The van der Waals surface area contributed by atoms with Gasteiger partial charge < -0.3 is 9.26 Å². The SMILES string of the molecule is Fc1ccc(OCc2noc(-c3ccc4ccccc4c3)n2)cc1. The summed E-state index contributed by atoms with van der Waals surface area (Å²) < 4.78 is 23.7. The molecule has 0 fully saturated rings. The van der Waals surface area contributed by atoms with Crippen molar-refractivity contribution in [1.82, 2.24) is 10.1 Å². The van der Waals surface area contributed by atoms with E-state index in [9.17, 15) is 4.39 Å². The van der Waals surface area contributed by atoms with Crippen LogP contribution in [0.4, 0.5) is 4.39 Å². The van der Waals surface area contributed by atoms with E-state index in [-0.39, 0.29) is 12.4 Å². The van der Waals surface area contributed by atoms with E-state index in [1.807, 2.05) is 36.4 Å². The first-order valence-electron chi connectivity index (χ1n) is 7.48. The lowest BCUT2D eigenvalue weighted by Crippen LogP contribution is -1.97. The summed E-state index contributed by atoms with van der Waals surface area (Å²) in [4.78, 5) is 4.34. The fourth-order valence-corrected chi connectivity index (χ4v) is 2.43. The molecule has 4 rings (SSSR count). The normalized spacial score (nSPS) is 10.9. The van der Waals surface area contributed by atoms with E-state index >= 15 is 0 Å². The highest BCUT2D eigenvalue weighted by atomic mass is 19.1. The van der Waals surface area contributed by atoms with Gasteiger partial charge in [-0.15, -0.1) is 0 Å². The van der Waals surface area contributed by atoms with Gasteiger partial charge >= 0.3 is 0 Å². The van der Waals surface area contributed by atoms with Crippen LogP contribution in [0, 0.1) is 5.82 Å². The molecule has 1 heterocycles. The summed E-state index contributed by atoms with van der Waals surface area (Å²) in [6, 6.07) is 19.8. The van der Waals surface area contributed by atoms with Gasteiger partial charge in [0.2, 0.25) is 5.82 Å². The number of aromatic nitrogens is 2. The van der Waals surface area contributed by atoms with Crippen LogP contribution in [0.5, 0.6) is 5.75 Å². The number of fused-ring (bicyclic) bond motifs is 1. The third-order valence-corrected chi connectivity index (χ3v) is 3.65.